The summed E-state index contributed by atoms with van der Waals surface area (Å²) < 4.78 is 17.7. The number of esters is 1. The summed E-state index contributed by atoms with van der Waals surface area (Å²) in [6, 6.07) is -1.03. The van der Waals surface area contributed by atoms with Gasteiger partial charge in [0.25, 0.3) is 0 Å². The van der Waals surface area contributed by atoms with E-state index in [2.05, 4.69) is 99.0 Å². The molecule has 1 saturated heterocycles. The Morgan fingerprint density at radius 3 is 1.22 bits per heavy atom. The highest BCUT2D eigenvalue weighted by Crippen LogP contribution is 2.26. The molecule has 11 nitrogen and oxygen atoms in total. The van der Waals surface area contributed by atoms with Crippen LogP contribution in [0.1, 0.15) is 316 Å². The minimum atomic E-state index is -1.62. The van der Waals surface area contributed by atoms with Gasteiger partial charge in [-0.2, -0.15) is 0 Å². The lowest BCUT2D eigenvalue weighted by molar-refractivity contribution is -0.305. The maximum absolute atomic E-state index is 13.5. The Balaban J connectivity index is 2.56. The molecule has 0 saturated carbocycles. The molecule has 8 atom stereocenters. The van der Waals surface area contributed by atoms with Crippen LogP contribution >= 0.6 is 0 Å². The second-order valence-corrected chi connectivity index (χ2v) is 24.6. The summed E-state index contributed by atoms with van der Waals surface area (Å²) in [5.74, 6) is -1.20. The number of allylic oxidation sites excluding steroid dienone is 13. The number of hydrogen-bond donors (Lipinski definition) is 6. The van der Waals surface area contributed by atoms with Gasteiger partial charge in [-0.15, -0.1) is 0 Å². The zero-order valence-electron chi connectivity index (χ0n) is 55.4. The van der Waals surface area contributed by atoms with Gasteiger partial charge in [-0.3, -0.25) is 9.59 Å². The third kappa shape index (κ3) is 48.7. The van der Waals surface area contributed by atoms with Crippen molar-refractivity contribution in [3.8, 4) is 0 Å². The molecule has 0 aromatic carbocycles. The van der Waals surface area contributed by atoms with Crippen LogP contribution in [0.15, 0.2) is 85.1 Å². The number of carbonyl (C=O) groups is 2. The largest absolute Gasteiger partial charge is 0.454 e. The smallest absolute Gasteiger partial charge is 0.306 e. The van der Waals surface area contributed by atoms with Crippen molar-refractivity contribution in [3.63, 3.8) is 0 Å². The van der Waals surface area contributed by atoms with Crippen LogP contribution < -0.4 is 5.32 Å². The van der Waals surface area contributed by atoms with E-state index in [1.54, 1.807) is 6.08 Å². The van der Waals surface area contributed by atoms with E-state index in [4.69, 9.17) is 14.2 Å². The summed E-state index contributed by atoms with van der Waals surface area (Å²) >= 11 is 0. The average Bonchev–Trinajstić information content (AvgIpc) is 2.65. The number of aliphatic hydroxyl groups excluding tert-OH is 5. The van der Waals surface area contributed by atoms with Crippen molar-refractivity contribution < 1.29 is 49.3 Å². The van der Waals surface area contributed by atoms with Gasteiger partial charge >= 0.3 is 5.97 Å². The first-order valence-electron chi connectivity index (χ1n) is 35.9. The Hall–Kier alpha value is -3.16. The van der Waals surface area contributed by atoms with Crippen LogP contribution in [-0.2, 0) is 23.8 Å². The first kappa shape index (κ1) is 80.9. The first-order chi connectivity index (χ1) is 42.2. The normalized spacial score (nSPS) is 18.8. The molecule has 498 valence electrons. The van der Waals surface area contributed by atoms with Crippen molar-refractivity contribution in [2.45, 2.75) is 365 Å². The van der Waals surface area contributed by atoms with E-state index < -0.39 is 67.4 Å². The SMILES string of the molecule is CCCCC/C=C\C/C=C\C/C=C\C/C=C\CCCCCCCCCCCCCC(=O)OC1C(OCC(NC(=O)C(O)CCCCCCCCCC/C=C\C/C=C\CCCCC)C(O)/C=C/CCCCCCCCCCCC)OC(CO)C(O)C1O. The highest BCUT2D eigenvalue weighted by Gasteiger charge is 2.47. The molecule has 1 fully saturated rings. The Labute approximate surface area is 527 Å². The van der Waals surface area contributed by atoms with E-state index in [1.165, 1.54) is 173 Å². The zero-order chi connectivity index (χ0) is 62.4. The molecule has 0 bridgehead atoms. The monoisotopic (exact) mass is 1210 g/mol. The topological polar surface area (TPSA) is 175 Å². The van der Waals surface area contributed by atoms with Gasteiger partial charge in [0.2, 0.25) is 5.91 Å². The van der Waals surface area contributed by atoms with Gasteiger partial charge in [-0.1, -0.05) is 292 Å². The molecule has 0 aromatic heterocycles. The molecule has 1 heterocycles. The predicted molar refractivity (Wildman–Crippen MR) is 361 cm³/mol. The van der Waals surface area contributed by atoms with Crippen molar-refractivity contribution in [1.82, 2.24) is 5.32 Å². The van der Waals surface area contributed by atoms with Crippen molar-refractivity contribution in [3.05, 3.63) is 85.1 Å². The molecular weight excluding hydrogens is 1070 g/mol. The van der Waals surface area contributed by atoms with Gasteiger partial charge in [0.15, 0.2) is 12.4 Å². The van der Waals surface area contributed by atoms with Crippen molar-refractivity contribution in [2.75, 3.05) is 13.2 Å². The van der Waals surface area contributed by atoms with E-state index in [0.29, 0.717) is 12.8 Å². The van der Waals surface area contributed by atoms with Crippen LogP contribution in [0.5, 0.6) is 0 Å². The van der Waals surface area contributed by atoms with Crippen LogP contribution in [0.25, 0.3) is 0 Å². The molecule has 1 aliphatic rings. The summed E-state index contributed by atoms with van der Waals surface area (Å²) in [7, 11) is 0. The number of carbonyl (C=O) groups excluding carboxylic acids is 2. The maximum Gasteiger partial charge on any atom is 0.306 e. The Kier molecular flexibility index (Phi) is 58.3. The van der Waals surface area contributed by atoms with Gasteiger partial charge in [0, 0.05) is 6.42 Å². The van der Waals surface area contributed by atoms with E-state index in [-0.39, 0.29) is 19.4 Å². The summed E-state index contributed by atoms with van der Waals surface area (Å²) in [6.45, 7) is 5.76. The predicted octanol–water partition coefficient (Wildman–Crippen LogP) is 18.5. The number of ether oxygens (including phenoxy) is 3. The summed E-state index contributed by atoms with van der Waals surface area (Å²) in [5.41, 5.74) is 0. The summed E-state index contributed by atoms with van der Waals surface area (Å²) in [4.78, 5) is 26.7. The van der Waals surface area contributed by atoms with Crippen LogP contribution in [0.2, 0.25) is 0 Å². The minimum Gasteiger partial charge on any atom is -0.454 e. The van der Waals surface area contributed by atoms with Crippen molar-refractivity contribution in [1.29, 1.82) is 0 Å². The number of amides is 1. The van der Waals surface area contributed by atoms with Crippen molar-refractivity contribution in [2.24, 2.45) is 0 Å². The number of rotatable bonds is 61. The van der Waals surface area contributed by atoms with E-state index in [9.17, 15) is 35.1 Å². The fourth-order valence-corrected chi connectivity index (χ4v) is 10.8. The standard InChI is InChI=1S/C75H133NO10/c1-4-7-10-13-16-19-22-25-27-29-31-32-33-34-35-36-37-38-39-41-43-45-48-51-54-57-60-63-70(80)86-73-72(82)71(81)69(64-77)85-75(73)84-65-66(67(78)61-58-55-52-49-46-24-21-18-15-12-9-6-3)76-74(83)68(79)62-59-56-53-50-47-44-42-40-30-28-26-23-20-17-14-11-8-5-2/h16-17,19-20,25-28,31-32,34-35,58,61,66-69,71-73,75,77-79,81-82H,4-15,18,21-24,29-30,33,36-57,59-60,62-65H2,1-3H3,(H,76,83)/b19-16-,20-17-,27-25-,28-26-,32-31-,35-34-,61-58+. The zero-order valence-corrected chi connectivity index (χ0v) is 55.4. The van der Waals surface area contributed by atoms with Gasteiger partial charge in [-0.25, -0.2) is 0 Å². The molecule has 11 heteroatoms. The van der Waals surface area contributed by atoms with Gasteiger partial charge in [-0.05, 0) is 103 Å². The molecule has 0 radical (unpaired) electrons. The van der Waals surface area contributed by atoms with E-state index >= 15 is 0 Å². The third-order valence-electron chi connectivity index (χ3n) is 16.5. The quantitative estimate of drug-likeness (QED) is 0.0195. The highest BCUT2D eigenvalue weighted by atomic mass is 16.7. The Morgan fingerprint density at radius 1 is 0.453 bits per heavy atom. The second kappa shape index (κ2) is 62.1. The lowest BCUT2D eigenvalue weighted by Gasteiger charge is -2.41. The minimum absolute atomic E-state index is 0.117. The number of aliphatic hydroxyl groups is 5. The lowest BCUT2D eigenvalue weighted by Crippen LogP contribution is -2.61. The average molecular weight is 1210 g/mol. The Morgan fingerprint density at radius 2 is 0.802 bits per heavy atom. The molecule has 0 spiro atoms. The fourth-order valence-electron chi connectivity index (χ4n) is 10.8. The third-order valence-corrected chi connectivity index (χ3v) is 16.5. The molecule has 1 amide bonds. The highest BCUT2D eigenvalue weighted by molar-refractivity contribution is 5.80. The van der Waals surface area contributed by atoms with Crippen LogP contribution in [0.3, 0.4) is 0 Å². The molecule has 0 aromatic rings. The van der Waals surface area contributed by atoms with Gasteiger partial charge < -0.3 is 45.1 Å². The van der Waals surface area contributed by atoms with Crippen molar-refractivity contribution >= 4 is 11.9 Å². The molecule has 1 aliphatic heterocycles. The summed E-state index contributed by atoms with van der Waals surface area (Å²) in [5, 5.41) is 57.2. The molecule has 0 aliphatic carbocycles. The molecule has 6 N–H and O–H groups in total. The van der Waals surface area contributed by atoms with E-state index in [1.807, 2.05) is 6.08 Å². The maximum atomic E-state index is 13.5. The Bertz CT molecular complexity index is 1720. The van der Waals surface area contributed by atoms with Crippen LogP contribution in [-0.4, -0.2) is 99.6 Å². The number of hydrogen-bond acceptors (Lipinski definition) is 10. The lowest BCUT2D eigenvalue weighted by atomic mass is 9.99. The first-order valence-corrected chi connectivity index (χ1v) is 35.9. The molecular formula is C75H133NO10. The fraction of sp³-hybridized carbons (Fsp3) is 0.787. The summed E-state index contributed by atoms with van der Waals surface area (Å²) in [6.07, 6.45) is 71.9. The molecule has 8 unspecified atom stereocenters. The number of unbranched alkanes of at least 4 members (excludes halogenated alkanes) is 35. The van der Waals surface area contributed by atoms with Gasteiger partial charge in [0.1, 0.15) is 24.4 Å². The van der Waals surface area contributed by atoms with Crippen LogP contribution in [0.4, 0.5) is 0 Å². The van der Waals surface area contributed by atoms with E-state index in [0.717, 1.165) is 96.3 Å². The number of nitrogens with one attached hydrogen (secondary N) is 1. The molecule has 86 heavy (non-hydrogen) atoms. The van der Waals surface area contributed by atoms with Crippen LogP contribution in [0, 0.1) is 0 Å². The molecule has 1 rings (SSSR count). The second-order valence-electron chi connectivity index (χ2n) is 24.6. The van der Waals surface area contributed by atoms with Gasteiger partial charge in [0.05, 0.1) is 25.4 Å².